The van der Waals surface area contributed by atoms with Crippen LogP contribution in [0.5, 0.6) is 0 Å². The molecule has 0 spiro atoms. The molecule has 2 nitrogen and oxygen atoms in total. The van der Waals surface area contributed by atoms with Gasteiger partial charge in [0, 0.05) is 31.2 Å². The molecule has 0 radical (unpaired) electrons. The van der Waals surface area contributed by atoms with Gasteiger partial charge in [-0.25, -0.2) is 0 Å². The van der Waals surface area contributed by atoms with Crippen LogP contribution in [-0.2, 0) is 5.88 Å². The number of benzene rings is 2. The number of anilines is 1. The lowest BCUT2D eigenvalue weighted by atomic mass is 10.0. The van der Waals surface area contributed by atoms with E-state index in [-0.39, 0.29) is 0 Å². The average Bonchev–Trinajstić information content (AvgIpc) is 2.56. The van der Waals surface area contributed by atoms with E-state index in [0.717, 1.165) is 19.6 Å². The molecule has 1 fully saturated rings. The van der Waals surface area contributed by atoms with Gasteiger partial charge in [0.25, 0.3) is 0 Å². The second-order valence-electron chi connectivity index (χ2n) is 5.68. The van der Waals surface area contributed by atoms with Crippen molar-refractivity contribution in [1.82, 2.24) is 4.90 Å². The zero-order chi connectivity index (χ0) is 14.7. The van der Waals surface area contributed by atoms with Crippen LogP contribution in [0.1, 0.15) is 17.2 Å². The van der Waals surface area contributed by atoms with Crippen LogP contribution in [0.15, 0.2) is 54.6 Å². The highest BCUT2D eigenvalue weighted by Gasteiger charge is 2.26. The van der Waals surface area contributed by atoms with Crippen molar-refractivity contribution in [3.8, 4) is 0 Å². The van der Waals surface area contributed by atoms with Crippen LogP contribution in [0.3, 0.4) is 0 Å². The van der Waals surface area contributed by atoms with Gasteiger partial charge in [-0.05, 0) is 30.3 Å². The van der Waals surface area contributed by atoms with E-state index in [2.05, 4.69) is 71.4 Å². The minimum atomic E-state index is 0.409. The van der Waals surface area contributed by atoms with Crippen molar-refractivity contribution in [3.05, 3.63) is 65.7 Å². The molecule has 110 valence electrons. The Balaban J connectivity index is 1.90. The van der Waals surface area contributed by atoms with Gasteiger partial charge in [0.15, 0.2) is 0 Å². The first kappa shape index (κ1) is 14.4. The highest BCUT2D eigenvalue weighted by molar-refractivity contribution is 6.17. The average molecular weight is 301 g/mol. The molecule has 1 saturated heterocycles. The maximum Gasteiger partial charge on any atom is 0.0669 e. The molecule has 1 atom stereocenters. The predicted molar refractivity (Wildman–Crippen MR) is 90.0 cm³/mol. The van der Waals surface area contributed by atoms with Crippen molar-refractivity contribution < 1.29 is 0 Å². The number of alkyl halides is 1. The lowest BCUT2D eigenvalue weighted by Crippen LogP contribution is -2.46. The minimum absolute atomic E-state index is 0.409. The zero-order valence-corrected chi connectivity index (χ0v) is 13.1. The standard InChI is InChI=1S/C18H21ClN2/c1-20-11-12-21(17-9-7-15(13-19)8-10-17)18(14-20)16-5-3-2-4-6-16/h2-10,18H,11-14H2,1H3. The Labute approximate surface area is 131 Å². The van der Waals surface area contributed by atoms with Gasteiger partial charge >= 0.3 is 0 Å². The van der Waals surface area contributed by atoms with Crippen LogP contribution < -0.4 is 4.90 Å². The normalized spacial score (nSPS) is 19.7. The largest absolute Gasteiger partial charge is 0.362 e. The van der Waals surface area contributed by atoms with E-state index in [1.165, 1.54) is 16.8 Å². The van der Waals surface area contributed by atoms with Gasteiger partial charge in [0.2, 0.25) is 0 Å². The Kier molecular flexibility index (Phi) is 4.47. The summed E-state index contributed by atoms with van der Waals surface area (Å²) in [6.07, 6.45) is 0. The van der Waals surface area contributed by atoms with E-state index in [1.54, 1.807) is 0 Å². The van der Waals surface area contributed by atoms with Gasteiger partial charge in [0.1, 0.15) is 0 Å². The van der Waals surface area contributed by atoms with E-state index in [9.17, 15) is 0 Å². The molecule has 1 heterocycles. The van der Waals surface area contributed by atoms with Gasteiger partial charge in [-0.15, -0.1) is 11.6 Å². The van der Waals surface area contributed by atoms with E-state index < -0.39 is 0 Å². The number of hydrogen-bond acceptors (Lipinski definition) is 2. The van der Waals surface area contributed by atoms with Crippen molar-refractivity contribution in [3.63, 3.8) is 0 Å². The lowest BCUT2D eigenvalue weighted by molar-refractivity contribution is 0.269. The molecule has 0 aromatic heterocycles. The molecule has 3 rings (SSSR count). The van der Waals surface area contributed by atoms with Crippen LogP contribution in [0, 0.1) is 0 Å². The van der Waals surface area contributed by atoms with Crippen molar-refractivity contribution in [2.75, 3.05) is 31.6 Å². The highest BCUT2D eigenvalue weighted by Crippen LogP contribution is 2.30. The van der Waals surface area contributed by atoms with Crippen molar-refractivity contribution in [2.24, 2.45) is 0 Å². The van der Waals surface area contributed by atoms with Crippen molar-refractivity contribution in [1.29, 1.82) is 0 Å². The van der Waals surface area contributed by atoms with Gasteiger partial charge in [-0.3, -0.25) is 0 Å². The third-order valence-electron chi connectivity index (χ3n) is 4.19. The van der Waals surface area contributed by atoms with Crippen molar-refractivity contribution in [2.45, 2.75) is 11.9 Å². The van der Waals surface area contributed by atoms with Gasteiger partial charge in [-0.2, -0.15) is 0 Å². The lowest BCUT2D eigenvalue weighted by Gasteiger charge is -2.42. The summed E-state index contributed by atoms with van der Waals surface area (Å²) in [6.45, 7) is 3.21. The van der Waals surface area contributed by atoms with Crippen LogP contribution in [-0.4, -0.2) is 31.6 Å². The Morgan fingerprint density at radius 2 is 1.71 bits per heavy atom. The zero-order valence-electron chi connectivity index (χ0n) is 12.4. The molecule has 1 aliphatic heterocycles. The van der Waals surface area contributed by atoms with Crippen LogP contribution in [0.4, 0.5) is 5.69 Å². The Morgan fingerprint density at radius 3 is 2.38 bits per heavy atom. The first-order chi connectivity index (χ1) is 10.3. The molecule has 2 aromatic rings. The van der Waals surface area contributed by atoms with E-state index in [4.69, 9.17) is 11.6 Å². The quantitative estimate of drug-likeness (QED) is 0.793. The fourth-order valence-corrected chi connectivity index (χ4v) is 3.14. The number of rotatable bonds is 3. The molecule has 3 heteroatoms. The fraction of sp³-hybridized carbons (Fsp3) is 0.333. The summed E-state index contributed by atoms with van der Waals surface area (Å²) in [5.74, 6) is 0.575. The van der Waals surface area contributed by atoms with E-state index in [1.807, 2.05) is 0 Å². The molecule has 0 amide bonds. The number of piperazine rings is 1. The molecule has 1 aliphatic rings. The van der Waals surface area contributed by atoms with Gasteiger partial charge < -0.3 is 9.80 Å². The maximum absolute atomic E-state index is 5.89. The third-order valence-corrected chi connectivity index (χ3v) is 4.50. The first-order valence-corrected chi connectivity index (χ1v) is 7.96. The van der Waals surface area contributed by atoms with Crippen LogP contribution in [0.25, 0.3) is 0 Å². The molecule has 1 unspecified atom stereocenters. The van der Waals surface area contributed by atoms with Gasteiger partial charge in [-0.1, -0.05) is 42.5 Å². The molecule has 0 N–H and O–H groups in total. The van der Waals surface area contributed by atoms with Crippen LogP contribution >= 0.6 is 11.6 Å². The highest BCUT2D eigenvalue weighted by atomic mass is 35.5. The van der Waals surface area contributed by atoms with E-state index >= 15 is 0 Å². The SMILES string of the molecule is CN1CCN(c2ccc(CCl)cc2)C(c2ccccc2)C1. The Hall–Kier alpha value is -1.51. The summed E-state index contributed by atoms with van der Waals surface area (Å²) in [5.41, 5.74) is 3.84. The summed E-state index contributed by atoms with van der Waals surface area (Å²) in [6, 6.07) is 19.8. The molecule has 0 saturated carbocycles. The summed E-state index contributed by atoms with van der Waals surface area (Å²) in [4.78, 5) is 4.91. The number of hydrogen-bond donors (Lipinski definition) is 0. The molecule has 0 bridgehead atoms. The summed E-state index contributed by atoms with van der Waals surface area (Å²) >= 11 is 5.89. The number of halogens is 1. The molecular formula is C18H21ClN2. The van der Waals surface area contributed by atoms with Crippen molar-refractivity contribution >= 4 is 17.3 Å². The number of likely N-dealkylation sites (N-methyl/N-ethyl adjacent to an activating group) is 1. The molecule has 0 aliphatic carbocycles. The monoisotopic (exact) mass is 300 g/mol. The molecule has 2 aromatic carbocycles. The molecular weight excluding hydrogens is 280 g/mol. The first-order valence-electron chi connectivity index (χ1n) is 7.43. The summed E-state index contributed by atoms with van der Waals surface area (Å²) in [5, 5.41) is 0. The van der Waals surface area contributed by atoms with Gasteiger partial charge in [0.05, 0.1) is 6.04 Å². The minimum Gasteiger partial charge on any atom is -0.362 e. The fourth-order valence-electron chi connectivity index (χ4n) is 2.97. The second kappa shape index (κ2) is 6.50. The maximum atomic E-state index is 5.89. The smallest absolute Gasteiger partial charge is 0.0669 e. The number of nitrogens with zero attached hydrogens (tertiary/aromatic N) is 2. The van der Waals surface area contributed by atoms with Crippen LogP contribution in [0.2, 0.25) is 0 Å². The molecule has 21 heavy (non-hydrogen) atoms. The second-order valence-corrected chi connectivity index (χ2v) is 5.95. The predicted octanol–water partition coefficient (Wildman–Crippen LogP) is 3.92. The third kappa shape index (κ3) is 3.22. The Bertz CT molecular complexity index is 568. The van der Waals surface area contributed by atoms with E-state index in [0.29, 0.717) is 11.9 Å². The summed E-state index contributed by atoms with van der Waals surface area (Å²) < 4.78 is 0. The summed E-state index contributed by atoms with van der Waals surface area (Å²) in [7, 11) is 2.20. The topological polar surface area (TPSA) is 6.48 Å². The Morgan fingerprint density at radius 1 is 1.00 bits per heavy atom.